The molecule has 2 rings (SSSR count). The quantitative estimate of drug-likeness (QED) is 0.614. The number of carbonyl (C=O) groups is 1. The standard InChI is InChI=1S/C15H22N4O3/c1-14(2,3)22-13(20)18-12-16-8-9-10(17-12)6-15(4,5)7-11(9)19-21/h8,21H,6-7H2,1-5H3,(H,16,17,18,20)/b19-11-. The molecule has 120 valence electrons. The minimum absolute atomic E-state index is 0.0634. The minimum atomic E-state index is -0.599. The van der Waals surface area contributed by atoms with Gasteiger partial charge in [-0.2, -0.15) is 0 Å². The van der Waals surface area contributed by atoms with Gasteiger partial charge < -0.3 is 9.94 Å². The molecule has 0 saturated heterocycles. The second kappa shape index (κ2) is 5.55. The van der Waals surface area contributed by atoms with E-state index >= 15 is 0 Å². The summed E-state index contributed by atoms with van der Waals surface area (Å²) in [6.45, 7) is 9.50. The number of amides is 1. The van der Waals surface area contributed by atoms with Crippen LogP contribution < -0.4 is 5.32 Å². The first-order valence-corrected chi connectivity index (χ1v) is 7.17. The van der Waals surface area contributed by atoms with E-state index < -0.39 is 11.7 Å². The van der Waals surface area contributed by atoms with Crippen molar-refractivity contribution in [3.05, 3.63) is 17.5 Å². The molecular weight excluding hydrogens is 284 g/mol. The highest BCUT2D eigenvalue weighted by Gasteiger charge is 2.31. The number of hydrogen-bond donors (Lipinski definition) is 2. The molecule has 1 amide bonds. The molecule has 0 atom stereocenters. The fourth-order valence-electron chi connectivity index (χ4n) is 2.40. The smallest absolute Gasteiger partial charge is 0.414 e. The predicted molar refractivity (Wildman–Crippen MR) is 82.3 cm³/mol. The summed E-state index contributed by atoms with van der Waals surface area (Å²) < 4.78 is 5.18. The number of fused-ring (bicyclic) bond motifs is 1. The van der Waals surface area contributed by atoms with E-state index in [1.54, 1.807) is 27.0 Å². The number of aromatic nitrogens is 2. The van der Waals surface area contributed by atoms with Crippen molar-refractivity contribution in [2.45, 2.75) is 53.1 Å². The van der Waals surface area contributed by atoms with Crippen LogP contribution in [0.3, 0.4) is 0 Å². The third-order valence-corrected chi connectivity index (χ3v) is 3.20. The number of rotatable bonds is 1. The lowest BCUT2D eigenvalue weighted by Crippen LogP contribution is -2.30. The van der Waals surface area contributed by atoms with E-state index in [1.165, 1.54) is 0 Å². The largest absolute Gasteiger partial charge is 0.444 e. The van der Waals surface area contributed by atoms with Crippen LogP contribution in [0.4, 0.5) is 10.7 Å². The maximum absolute atomic E-state index is 11.8. The Kier molecular flexibility index (Phi) is 4.08. The van der Waals surface area contributed by atoms with Gasteiger partial charge >= 0.3 is 6.09 Å². The molecule has 1 aromatic rings. The van der Waals surface area contributed by atoms with E-state index in [0.717, 1.165) is 11.3 Å². The van der Waals surface area contributed by atoms with Crippen molar-refractivity contribution in [2.75, 3.05) is 5.32 Å². The second-order valence-corrected chi connectivity index (χ2v) is 7.25. The van der Waals surface area contributed by atoms with Gasteiger partial charge in [-0.25, -0.2) is 14.8 Å². The molecule has 0 aliphatic heterocycles. The van der Waals surface area contributed by atoms with Crippen molar-refractivity contribution < 1.29 is 14.7 Å². The van der Waals surface area contributed by atoms with Crippen LogP contribution in [0.25, 0.3) is 0 Å². The summed E-state index contributed by atoms with van der Waals surface area (Å²) in [7, 11) is 0. The van der Waals surface area contributed by atoms with Gasteiger partial charge in [0.1, 0.15) is 5.60 Å². The summed E-state index contributed by atoms with van der Waals surface area (Å²) >= 11 is 0. The van der Waals surface area contributed by atoms with Gasteiger partial charge in [0.25, 0.3) is 0 Å². The minimum Gasteiger partial charge on any atom is -0.444 e. The van der Waals surface area contributed by atoms with Crippen molar-refractivity contribution in [1.29, 1.82) is 0 Å². The number of nitrogens with one attached hydrogen (secondary N) is 1. The Morgan fingerprint density at radius 1 is 1.41 bits per heavy atom. The van der Waals surface area contributed by atoms with Gasteiger partial charge in [0, 0.05) is 11.8 Å². The highest BCUT2D eigenvalue weighted by atomic mass is 16.6. The van der Waals surface area contributed by atoms with E-state index in [9.17, 15) is 4.79 Å². The molecule has 0 radical (unpaired) electrons. The van der Waals surface area contributed by atoms with Crippen molar-refractivity contribution in [3.8, 4) is 0 Å². The first-order chi connectivity index (χ1) is 10.1. The lowest BCUT2D eigenvalue weighted by Gasteiger charge is -2.30. The summed E-state index contributed by atoms with van der Waals surface area (Å²) in [5, 5.41) is 15.0. The molecular formula is C15H22N4O3. The van der Waals surface area contributed by atoms with Gasteiger partial charge in [-0.15, -0.1) is 0 Å². The van der Waals surface area contributed by atoms with Crippen molar-refractivity contribution in [1.82, 2.24) is 9.97 Å². The van der Waals surface area contributed by atoms with Gasteiger partial charge in [-0.05, 0) is 39.0 Å². The lowest BCUT2D eigenvalue weighted by atomic mass is 9.76. The van der Waals surface area contributed by atoms with Crippen molar-refractivity contribution >= 4 is 17.8 Å². The van der Waals surface area contributed by atoms with E-state index in [1.807, 2.05) is 0 Å². The Morgan fingerprint density at radius 3 is 2.68 bits per heavy atom. The molecule has 1 heterocycles. The molecule has 7 heteroatoms. The average Bonchev–Trinajstić information content (AvgIpc) is 2.33. The van der Waals surface area contributed by atoms with Gasteiger partial charge in [0.05, 0.1) is 11.4 Å². The topological polar surface area (TPSA) is 96.7 Å². The van der Waals surface area contributed by atoms with Crippen LogP contribution in [0.2, 0.25) is 0 Å². The Hall–Kier alpha value is -2.18. The average molecular weight is 306 g/mol. The summed E-state index contributed by atoms with van der Waals surface area (Å²) in [6.07, 6.45) is 2.34. The number of hydrogen-bond acceptors (Lipinski definition) is 6. The molecule has 7 nitrogen and oxygen atoms in total. The number of ether oxygens (including phenoxy) is 1. The molecule has 0 saturated carbocycles. The summed E-state index contributed by atoms with van der Waals surface area (Å²) in [5.74, 6) is 0.183. The van der Waals surface area contributed by atoms with E-state index in [2.05, 4.69) is 34.3 Å². The third-order valence-electron chi connectivity index (χ3n) is 3.20. The SMILES string of the molecule is CC1(C)C/C(=N/O)c2cnc(NC(=O)OC(C)(C)C)nc2C1. The molecule has 0 aromatic carbocycles. The third kappa shape index (κ3) is 3.93. The first kappa shape index (κ1) is 16.2. The molecule has 0 unspecified atom stereocenters. The van der Waals surface area contributed by atoms with Crippen LogP contribution in [-0.2, 0) is 11.2 Å². The van der Waals surface area contributed by atoms with E-state index in [0.29, 0.717) is 18.6 Å². The predicted octanol–water partition coefficient (Wildman–Crippen LogP) is 2.97. The van der Waals surface area contributed by atoms with Gasteiger partial charge in [-0.1, -0.05) is 19.0 Å². The van der Waals surface area contributed by atoms with Gasteiger partial charge in [-0.3, -0.25) is 5.32 Å². The summed E-state index contributed by atoms with van der Waals surface area (Å²) in [6, 6.07) is 0. The lowest BCUT2D eigenvalue weighted by molar-refractivity contribution is 0.0634. The Labute approximate surface area is 129 Å². The normalized spacial score (nSPS) is 18.7. The zero-order chi connectivity index (χ0) is 16.5. The Balaban J connectivity index is 2.23. The monoisotopic (exact) mass is 306 g/mol. The van der Waals surface area contributed by atoms with Crippen LogP contribution in [0.1, 0.15) is 52.3 Å². The second-order valence-electron chi connectivity index (χ2n) is 7.25. The maximum atomic E-state index is 11.8. The Morgan fingerprint density at radius 2 is 2.09 bits per heavy atom. The fourth-order valence-corrected chi connectivity index (χ4v) is 2.40. The van der Waals surface area contributed by atoms with Crippen LogP contribution in [0.5, 0.6) is 0 Å². The van der Waals surface area contributed by atoms with Crippen molar-refractivity contribution in [3.63, 3.8) is 0 Å². The maximum Gasteiger partial charge on any atom is 0.414 e. The molecule has 2 N–H and O–H groups in total. The van der Waals surface area contributed by atoms with E-state index in [4.69, 9.17) is 9.94 Å². The number of carbonyl (C=O) groups excluding carboxylic acids is 1. The number of oxime groups is 1. The number of nitrogens with zero attached hydrogens (tertiary/aromatic N) is 3. The van der Waals surface area contributed by atoms with Crippen LogP contribution in [0.15, 0.2) is 11.4 Å². The van der Waals surface area contributed by atoms with Gasteiger partial charge in [0.2, 0.25) is 5.95 Å². The number of anilines is 1. The molecule has 1 aliphatic carbocycles. The zero-order valence-corrected chi connectivity index (χ0v) is 13.6. The highest BCUT2D eigenvalue weighted by Crippen LogP contribution is 2.34. The fraction of sp³-hybridized carbons (Fsp3) is 0.600. The molecule has 22 heavy (non-hydrogen) atoms. The molecule has 1 aliphatic rings. The van der Waals surface area contributed by atoms with Gasteiger partial charge in [0.15, 0.2) is 0 Å². The summed E-state index contributed by atoms with van der Waals surface area (Å²) in [4.78, 5) is 20.2. The summed E-state index contributed by atoms with van der Waals surface area (Å²) in [5.41, 5.74) is 1.39. The van der Waals surface area contributed by atoms with Crippen molar-refractivity contribution in [2.24, 2.45) is 10.6 Å². The molecule has 0 fully saturated rings. The first-order valence-electron chi connectivity index (χ1n) is 7.17. The van der Waals surface area contributed by atoms with Crippen LogP contribution >= 0.6 is 0 Å². The van der Waals surface area contributed by atoms with E-state index in [-0.39, 0.29) is 11.4 Å². The van der Waals surface area contributed by atoms with Crippen LogP contribution in [-0.4, -0.2) is 32.6 Å². The highest BCUT2D eigenvalue weighted by molar-refractivity contribution is 6.02. The molecule has 1 aromatic heterocycles. The molecule has 0 bridgehead atoms. The Bertz CT molecular complexity index is 618. The molecule has 0 spiro atoms. The zero-order valence-electron chi connectivity index (χ0n) is 13.6. The van der Waals surface area contributed by atoms with Crippen LogP contribution in [0, 0.1) is 5.41 Å².